The van der Waals surface area contributed by atoms with E-state index in [-0.39, 0.29) is 5.56 Å². The van der Waals surface area contributed by atoms with Gasteiger partial charge in [-0.1, -0.05) is 0 Å². The molecule has 126 valence electrons. The van der Waals surface area contributed by atoms with Crippen LogP contribution in [-0.2, 0) is 0 Å². The summed E-state index contributed by atoms with van der Waals surface area (Å²) >= 11 is 0. The van der Waals surface area contributed by atoms with E-state index < -0.39 is 5.97 Å². The van der Waals surface area contributed by atoms with Crippen molar-refractivity contribution in [3.05, 3.63) is 36.0 Å². The van der Waals surface area contributed by atoms with Crippen LogP contribution in [0.25, 0.3) is 11.3 Å². The molecule has 6 nitrogen and oxygen atoms in total. The molecule has 2 N–H and O–H groups in total. The number of benzene rings is 1. The standard InChI is InChI=1S/C18H21N3O3/c1-3-24-16-7-6-13(10-14(16)17(22)23)15-8-9-19-18(21-15)20-11(2)12-4-5-12/h6-12H,3-5H2,1-2H3,(H,22,23)(H,19,20,21)/t11-/m1/s1. The molecule has 3 rings (SSSR count). The third kappa shape index (κ3) is 3.64. The fraction of sp³-hybridized carbons (Fsp3) is 0.389. The molecule has 1 fully saturated rings. The maximum absolute atomic E-state index is 11.4. The molecule has 1 aliphatic carbocycles. The minimum absolute atomic E-state index is 0.133. The van der Waals surface area contributed by atoms with E-state index in [4.69, 9.17) is 4.74 Å². The molecular formula is C18H21N3O3. The quantitative estimate of drug-likeness (QED) is 0.810. The molecule has 1 aromatic carbocycles. The van der Waals surface area contributed by atoms with Crippen molar-refractivity contribution in [2.75, 3.05) is 11.9 Å². The normalized spacial score (nSPS) is 14.9. The topological polar surface area (TPSA) is 84.3 Å². The Kier molecular flexibility index (Phi) is 4.64. The molecule has 2 aromatic rings. The zero-order valence-electron chi connectivity index (χ0n) is 13.8. The SMILES string of the molecule is CCOc1ccc(-c2ccnc(N[C@H](C)C3CC3)n2)cc1C(=O)O. The first-order valence-corrected chi connectivity index (χ1v) is 8.18. The summed E-state index contributed by atoms with van der Waals surface area (Å²) in [5.41, 5.74) is 1.54. The van der Waals surface area contributed by atoms with E-state index in [1.807, 2.05) is 13.0 Å². The highest BCUT2D eigenvalue weighted by Gasteiger charge is 2.28. The van der Waals surface area contributed by atoms with E-state index in [0.29, 0.717) is 36.0 Å². The van der Waals surface area contributed by atoms with Crippen LogP contribution in [0.15, 0.2) is 30.5 Å². The lowest BCUT2D eigenvalue weighted by Crippen LogP contribution is -2.19. The van der Waals surface area contributed by atoms with Crippen LogP contribution in [-0.4, -0.2) is 33.7 Å². The Morgan fingerprint density at radius 1 is 1.42 bits per heavy atom. The van der Waals surface area contributed by atoms with Crippen LogP contribution in [0.1, 0.15) is 37.0 Å². The first kappa shape index (κ1) is 16.2. The second-order valence-corrected chi connectivity index (χ2v) is 5.99. The third-order valence-electron chi connectivity index (χ3n) is 4.15. The average Bonchev–Trinajstić information content (AvgIpc) is 3.40. The monoisotopic (exact) mass is 327 g/mol. The minimum atomic E-state index is -1.02. The number of carbonyl (C=O) groups is 1. The maximum Gasteiger partial charge on any atom is 0.339 e. The van der Waals surface area contributed by atoms with Crippen LogP contribution in [0.2, 0.25) is 0 Å². The summed E-state index contributed by atoms with van der Waals surface area (Å²) in [5.74, 6) is 0.609. The van der Waals surface area contributed by atoms with E-state index in [0.717, 1.165) is 5.56 Å². The Morgan fingerprint density at radius 2 is 2.21 bits per heavy atom. The van der Waals surface area contributed by atoms with Crippen LogP contribution < -0.4 is 10.1 Å². The largest absolute Gasteiger partial charge is 0.493 e. The maximum atomic E-state index is 11.4. The van der Waals surface area contributed by atoms with Crippen molar-refractivity contribution < 1.29 is 14.6 Å². The van der Waals surface area contributed by atoms with Crippen molar-refractivity contribution >= 4 is 11.9 Å². The Bertz CT molecular complexity index is 744. The molecule has 1 heterocycles. The van der Waals surface area contributed by atoms with Gasteiger partial charge in [0.05, 0.1) is 12.3 Å². The van der Waals surface area contributed by atoms with Gasteiger partial charge >= 0.3 is 5.97 Å². The van der Waals surface area contributed by atoms with Gasteiger partial charge in [-0.25, -0.2) is 14.8 Å². The smallest absolute Gasteiger partial charge is 0.339 e. The number of hydrogen-bond donors (Lipinski definition) is 2. The summed E-state index contributed by atoms with van der Waals surface area (Å²) < 4.78 is 5.37. The van der Waals surface area contributed by atoms with Gasteiger partial charge in [0.25, 0.3) is 0 Å². The number of rotatable bonds is 7. The predicted octanol–water partition coefficient (Wildman–Crippen LogP) is 3.45. The fourth-order valence-corrected chi connectivity index (χ4v) is 2.64. The second kappa shape index (κ2) is 6.86. The lowest BCUT2D eigenvalue weighted by Gasteiger charge is -2.13. The molecule has 0 bridgehead atoms. The van der Waals surface area contributed by atoms with Crippen molar-refractivity contribution in [1.29, 1.82) is 0 Å². The summed E-state index contributed by atoms with van der Waals surface area (Å²) in [6, 6.07) is 7.19. The first-order chi connectivity index (χ1) is 11.6. The van der Waals surface area contributed by atoms with Crippen molar-refractivity contribution in [3.63, 3.8) is 0 Å². The zero-order chi connectivity index (χ0) is 17.1. The lowest BCUT2D eigenvalue weighted by atomic mass is 10.1. The van der Waals surface area contributed by atoms with Gasteiger partial charge in [0, 0.05) is 17.8 Å². The molecule has 0 unspecified atom stereocenters. The van der Waals surface area contributed by atoms with Crippen LogP contribution >= 0.6 is 0 Å². The molecule has 0 aliphatic heterocycles. The highest BCUT2D eigenvalue weighted by Crippen LogP contribution is 2.33. The number of carboxylic acid groups (broad SMARTS) is 1. The number of nitrogens with one attached hydrogen (secondary N) is 1. The molecule has 1 atom stereocenters. The van der Waals surface area contributed by atoms with Crippen LogP contribution in [0, 0.1) is 5.92 Å². The van der Waals surface area contributed by atoms with E-state index in [1.54, 1.807) is 24.4 Å². The lowest BCUT2D eigenvalue weighted by molar-refractivity contribution is 0.0692. The highest BCUT2D eigenvalue weighted by molar-refractivity contribution is 5.92. The molecule has 0 amide bonds. The number of hydrogen-bond acceptors (Lipinski definition) is 5. The molecule has 0 saturated heterocycles. The fourth-order valence-electron chi connectivity index (χ4n) is 2.64. The number of carboxylic acids is 1. The third-order valence-corrected chi connectivity index (χ3v) is 4.15. The number of anilines is 1. The predicted molar refractivity (Wildman–Crippen MR) is 91.4 cm³/mol. The molecule has 24 heavy (non-hydrogen) atoms. The number of ether oxygens (including phenoxy) is 1. The molecule has 1 aromatic heterocycles. The minimum Gasteiger partial charge on any atom is -0.493 e. The van der Waals surface area contributed by atoms with Crippen molar-refractivity contribution in [2.24, 2.45) is 5.92 Å². The molecular weight excluding hydrogens is 306 g/mol. The Labute approximate surface area is 140 Å². The summed E-state index contributed by atoms with van der Waals surface area (Å²) in [4.78, 5) is 20.2. The van der Waals surface area contributed by atoms with Gasteiger partial charge in [-0.15, -0.1) is 0 Å². The van der Waals surface area contributed by atoms with Gasteiger partial charge in [-0.3, -0.25) is 0 Å². The zero-order valence-corrected chi connectivity index (χ0v) is 13.8. The van der Waals surface area contributed by atoms with E-state index >= 15 is 0 Å². The molecule has 1 aliphatic rings. The van der Waals surface area contributed by atoms with Gasteiger partial charge in [-0.05, 0) is 56.9 Å². The molecule has 0 radical (unpaired) electrons. The number of nitrogens with zero attached hydrogens (tertiary/aromatic N) is 2. The first-order valence-electron chi connectivity index (χ1n) is 8.18. The Hall–Kier alpha value is -2.63. The van der Waals surface area contributed by atoms with E-state index in [1.165, 1.54) is 12.8 Å². The summed E-state index contributed by atoms with van der Waals surface area (Å²) in [7, 11) is 0. The number of aromatic carboxylic acids is 1. The van der Waals surface area contributed by atoms with Gasteiger partial charge < -0.3 is 15.2 Å². The van der Waals surface area contributed by atoms with Crippen LogP contribution in [0.5, 0.6) is 5.75 Å². The average molecular weight is 327 g/mol. The number of aromatic nitrogens is 2. The molecule has 1 saturated carbocycles. The van der Waals surface area contributed by atoms with Gasteiger partial charge in [0.2, 0.25) is 5.95 Å². The summed E-state index contributed by atoms with van der Waals surface area (Å²) in [6.07, 6.45) is 4.17. The summed E-state index contributed by atoms with van der Waals surface area (Å²) in [6.45, 7) is 4.37. The van der Waals surface area contributed by atoms with E-state index in [2.05, 4.69) is 22.2 Å². The van der Waals surface area contributed by atoms with Crippen LogP contribution in [0.3, 0.4) is 0 Å². The second-order valence-electron chi connectivity index (χ2n) is 5.99. The van der Waals surface area contributed by atoms with E-state index in [9.17, 15) is 9.90 Å². The Balaban J connectivity index is 1.87. The molecule has 6 heteroatoms. The van der Waals surface area contributed by atoms with Crippen molar-refractivity contribution in [2.45, 2.75) is 32.7 Å². The molecule has 0 spiro atoms. The highest BCUT2D eigenvalue weighted by atomic mass is 16.5. The Morgan fingerprint density at radius 3 is 2.88 bits per heavy atom. The van der Waals surface area contributed by atoms with Gasteiger partial charge in [0.1, 0.15) is 11.3 Å². The van der Waals surface area contributed by atoms with Gasteiger partial charge in [0.15, 0.2) is 0 Å². The summed E-state index contributed by atoms with van der Waals surface area (Å²) in [5, 5.41) is 12.7. The van der Waals surface area contributed by atoms with Crippen molar-refractivity contribution in [1.82, 2.24) is 9.97 Å². The van der Waals surface area contributed by atoms with Crippen molar-refractivity contribution in [3.8, 4) is 17.0 Å². The van der Waals surface area contributed by atoms with Crippen LogP contribution in [0.4, 0.5) is 5.95 Å². The van der Waals surface area contributed by atoms with Gasteiger partial charge in [-0.2, -0.15) is 0 Å².